The first-order valence-corrected chi connectivity index (χ1v) is 10.4. The van der Waals surface area contributed by atoms with E-state index in [1.807, 2.05) is 12.1 Å². The number of carbonyl (C=O) groups is 2. The van der Waals surface area contributed by atoms with Crippen LogP contribution in [-0.4, -0.2) is 48.9 Å². The van der Waals surface area contributed by atoms with E-state index in [2.05, 4.69) is 10.3 Å². The Bertz CT molecular complexity index is 1100. The molecule has 1 fully saturated rings. The van der Waals surface area contributed by atoms with Gasteiger partial charge in [-0.25, -0.2) is 4.98 Å². The number of fused-ring (bicyclic) bond motifs is 1. The summed E-state index contributed by atoms with van der Waals surface area (Å²) >= 11 is 7.49. The molecule has 0 unspecified atom stereocenters. The number of likely N-dealkylation sites (tertiary alicyclic amines) is 1. The van der Waals surface area contributed by atoms with E-state index in [1.54, 1.807) is 36.3 Å². The van der Waals surface area contributed by atoms with Gasteiger partial charge in [-0.05, 0) is 36.2 Å². The fraction of sp³-hybridized carbons (Fsp3) is 0.286. The van der Waals surface area contributed by atoms with E-state index in [1.165, 1.54) is 18.4 Å². The van der Waals surface area contributed by atoms with Crippen molar-refractivity contribution in [3.63, 3.8) is 0 Å². The molecule has 1 atom stereocenters. The molecule has 0 spiro atoms. The van der Waals surface area contributed by atoms with Gasteiger partial charge < -0.3 is 15.0 Å². The average Bonchev–Trinajstić information content (AvgIpc) is 3.37. The van der Waals surface area contributed by atoms with Crippen LogP contribution in [0.1, 0.15) is 37.9 Å². The predicted octanol–water partition coefficient (Wildman–Crippen LogP) is 3.95. The second kappa shape index (κ2) is 8.00. The molecule has 150 valence electrons. The van der Waals surface area contributed by atoms with Crippen molar-refractivity contribution in [3.05, 3.63) is 57.6 Å². The zero-order valence-corrected chi connectivity index (χ0v) is 17.6. The summed E-state index contributed by atoms with van der Waals surface area (Å²) in [4.78, 5) is 33.3. The Kier molecular flexibility index (Phi) is 5.43. The number of methoxy groups -OCH3 is 1. The molecule has 3 heterocycles. The summed E-state index contributed by atoms with van der Waals surface area (Å²) in [6.45, 7) is 1.13. The van der Waals surface area contributed by atoms with Crippen LogP contribution in [0.3, 0.4) is 0 Å². The fourth-order valence-electron chi connectivity index (χ4n) is 3.84. The van der Waals surface area contributed by atoms with E-state index < -0.39 is 0 Å². The number of carbonyl (C=O) groups excluding carboxylic acids is 2. The van der Waals surface area contributed by atoms with Gasteiger partial charge in [0.2, 0.25) is 0 Å². The minimum absolute atomic E-state index is 0.0642. The molecule has 2 aromatic heterocycles. The van der Waals surface area contributed by atoms with Gasteiger partial charge in [-0.3, -0.25) is 9.59 Å². The average molecular weight is 430 g/mol. The van der Waals surface area contributed by atoms with Crippen LogP contribution >= 0.6 is 22.9 Å². The summed E-state index contributed by atoms with van der Waals surface area (Å²) in [6.07, 6.45) is 2.51. The first-order valence-electron chi connectivity index (χ1n) is 9.25. The van der Waals surface area contributed by atoms with Gasteiger partial charge in [-0.15, -0.1) is 11.3 Å². The summed E-state index contributed by atoms with van der Waals surface area (Å²) in [6, 6.07) is 8.90. The number of aromatic nitrogens is 1. The lowest BCUT2D eigenvalue weighted by molar-refractivity contribution is 0.0787. The number of halogens is 1. The minimum atomic E-state index is -0.121. The topological polar surface area (TPSA) is 71.5 Å². The highest BCUT2D eigenvalue weighted by atomic mass is 35.5. The van der Waals surface area contributed by atoms with Gasteiger partial charge in [-0.1, -0.05) is 17.7 Å². The summed E-state index contributed by atoms with van der Waals surface area (Å²) in [7, 11) is 3.16. The molecule has 0 aliphatic carbocycles. The summed E-state index contributed by atoms with van der Waals surface area (Å²) < 4.78 is 5.34. The van der Waals surface area contributed by atoms with E-state index in [0.29, 0.717) is 34.3 Å². The molecule has 0 bridgehead atoms. The van der Waals surface area contributed by atoms with Crippen LogP contribution in [0.15, 0.2) is 36.5 Å². The Morgan fingerprint density at radius 1 is 1.34 bits per heavy atom. The van der Waals surface area contributed by atoms with Crippen LogP contribution < -0.4 is 10.1 Å². The zero-order valence-electron chi connectivity index (χ0n) is 16.1. The largest absolute Gasteiger partial charge is 0.496 e. The van der Waals surface area contributed by atoms with Gasteiger partial charge >= 0.3 is 0 Å². The van der Waals surface area contributed by atoms with Crippen molar-refractivity contribution in [3.8, 4) is 5.75 Å². The lowest BCUT2D eigenvalue weighted by atomic mass is 9.95. The number of nitrogens with one attached hydrogen (secondary N) is 1. The Labute approximate surface area is 177 Å². The highest BCUT2D eigenvalue weighted by Gasteiger charge is 2.33. The smallest absolute Gasteiger partial charge is 0.261 e. The molecule has 1 aliphatic rings. The van der Waals surface area contributed by atoms with E-state index in [0.717, 1.165) is 22.2 Å². The number of thiophene rings is 1. The van der Waals surface area contributed by atoms with Crippen molar-refractivity contribution in [1.29, 1.82) is 0 Å². The van der Waals surface area contributed by atoms with Crippen LogP contribution in [0.5, 0.6) is 5.75 Å². The van der Waals surface area contributed by atoms with E-state index in [9.17, 15) is 9.59 Å². The van der Waals surface area contributed by atoms with E-state index in [-0.39, 0.29) is 17.7 Å². The number of rotatable bonds is 4. The molecule has 3 aromatic rings. The Morgan fingerprint density at radius 3 is 2.93 bits per heavy atom. The van der Waals surface area contributed by atoms with Gasteiger partial charge in [0.1, 0.15) is 10.6 Å². The quantitative estimate of drug-likeness (QED) is 0.681. The van der Waals surface area contributed by atoms with Crippen LogP contribution in [0.25, 0.3) is 10.2 Å². The lowest BCUT2D eigenvalue weighted by Gasteiger charge is -2.19. The molecule has 0 saturated carbocycles. The van der Waals surface area contributed by atoms with E-state index >= 15 is 0 Å². The standard InChI is InChI=1S/C21H20ClN3O3S/c1-23-19(26)18-17(14-4-3-8-24-20(14)29-18)12-7-9-25(11-12)21(27)15-10-13(22)5-6-16(15)28-2/h3-6,8,10,12H,7,9,11H2,1-2H3,(H,23,26)/t12-/m0/s1. The number of ether oxygens (including phenoxy) is 1. The molecular weight excluding hydrogens is 410 g/mol. The first kappa shape index (κ1) is 19.7. The zero-order chi connectivity index (χ0) is 20.5. The normalized spacial score (nSPS) is 16.2. The molecule has 6 nitrogen and oxygen atoms in total. The maximum Gasteiger partial charge on any atom is 0.261 e. The SMILES string of the molecule is CNC(=O)c1sc2ncccc2c1[C@H]1CCN(C(=O)c2cc(Cl)ccc2OC)C1. The molecule has 1 aromatic carbocycles. The lowest BCUT2D eigenvalue weighted by Crippen LogP contribution is -2.29. The third kappa shape index (κ3) is 3.56. The van der Waals surface area contributed by atoms with Crippen molar-refractivity contribution < 1.29 is 14.3 Å². The highest BCUT2D eigenvalue weighted by molar-refractivity contribution is 7.20. The Morgan fingerprint density at radius 2 is 2.17 bits per heavy atom. The second-order valence-electron chi connectivity index (χ2n) is 6.86. The summed E-state index contributed by atoms with van der Waals surface area (Å²) in [5.41, 5.74) is 1.43. The first-order chi connectivity index (χ1) is 14.0. The molecule has 1 saturated heterocycles. The Balaban J connectivity index is 1.67. The third-order valence-electron chi connectivity index (χ3n) is 5.21. The van der Waals surface area contributed by atoms with Gasteiger partial charge in [0.15, 0.2) is 0 Å². The summed E-state index contributed by atoms with van der Waals surface area (Å²) in [5.74, 6) is 0.323. The predicted molar refractivity (Wildman–Crippen MR) is 114 cm³/mol. The maximum absolute atomic E-state index is 13.1. The molecule has 0 radical (unpaired) electrons. The monoisotopic (exact) mass is 429 g/mol. The molecule has 1 aliphatic heterocycles. The molecular formula is C21H20ClN3O3S. The summed E-state index contributed by atoms with van der Waals surface area (Å²) in [5, 5.41) is 4.19. The van der Waals surface area contributed by atoms with Crippen molar-refractivity contribution in [2.75, 3.05) is 27.2 Å². The minimum Gasteiger partial charge on any atom is -0.496 e. The van der Waals surface area contributed by atoms with Crippen molar-refractivity contribution in [1.82, 2.24) is 15.2 Å². The third-order valence-corrected chi connectivity index (χ3v) is 6.58. The van der Waals surface area contributed by atoms with Crippen LogP contribution in [0, 0.1) is 0 Å². The Hall–Kier alpha value is -2.64. The van der Waals surface area contributed by atoms with Crippen molar-refractivity contribution in [2.45, 2.75) is 12.3 Å². The number of benzene rings is 1. The number of hydrogen-bond donors (Lipinski definition) is 1. The van der Waals surface area contributed by atoms with Gasteiger partial charge in [0, 0.05) is 42.7 Å². The number of pyridine rings is 1. The number of amides is 2. The van der Waals surface area contributed by atoms with Crippen molar-refractivity contribution >= 4 is 45.0 Å². The molecule has 2 amide bonds. The van der Waals surface area contributed by atoms with Crippen LogP contribution in [0.2, 0.25) is 5.02 Å². The molecule has 8 heteroatoms. The fourth-order valence-corrected chi connectivity index (χ4v) is 5.18. The van der Waals surface area contributed by atoms with E-state index in [4.69, 9.17) is 16.3 Å². The van der Waals surface area contributed by atoms with Crippen LogP contribution in [0.4, 0.5) is 0 Å². The number of nitrogens with zero attached hydrogens (tertiary/aromatic N) is 2. The van der Waals surface area contributed by atoms with Crippen molar-refractivity contribution in [2.24, 2.45) is 0 Å². The van der Waals surface area contributed by atoms with Gasteiger partial charge in [0.05, 0.1) is 17.6 Å². The van der Waals surface area contributed by atoms with Gasteiger partial charge in [0.25, 0.3) is 11.8 Å². The highest BCUT2D eigenvalue weighted by Crippen LogP contribution is 2.40. The second-order valence-corrected chi connectivity index (χ2v) is 8.30. The van der Waals surface area contributed by atoms with Crippen LogP contribution in [-0.2, 0) is 0 Å². The van der Waals surface area contributed by atoms with Gasteiger partial charge in [-0.2, -0.15) is 0 Å². The molecule has 29 heavy (non-hydrogen) atoms. The molecule has 1 N–H and O–H groups in total. The molecule has 4 rings (SSSR count). The maximum atomic E-state index is 13.1. The number of hydrogen-bond acceptors (Lipinski definition) is 5.